The van der Waals surface area contributed by atoms with Gasteiger partial charge in [0, 0.05) is 19.2 Å². The summed E-state index contributed by atoms with van der Waals surface area (Å²) in [5, 5.41) is 15.0. The molecule has 1 unspecified atom stereocenters. The number of nitrogens with one attached hydrogen (secondary N) is 1. The van der Waals surface area contributed by atoms with Crippen LogP contribution in [0.4, 0.5) is 0 Å². The zero-order valence-corrected chi connectivity index (χ0v) is 10.2. The van der Waals surface area contributed by atoms with Gasteiger partial charge in [0.15, 0.2) is 0 Å². The van der Waals surface area contributed by atoms with E-state index in [9.17, 15) is 14.4 Å². The maximum atomic E-state index is 11.8. The molecule has 1 heterocycles. The fourth-order valence-corrected chi connectivity index (χ4v) is 1.39. The average molecular weight is 253 g/mol. The van der Waals surface area contributed by atoms with Crippen molar-refractivity contribution in [3.63, 3.8) is 0 Å². The first-order valence-electron chi connectivity index (χ1n) is 5.51. The second-order valence-electron chi connectivity index (χ2n) is 3.86. The van der Waals surface area contributed by atoms with Gasteiger partial charge in [0.2, 0.25) is 0 Å². The predicted molar refractivity (Wildman–Crippen MR) is 63.3 cm³/mol. The Morgan fingerprint density at radius 3 is 2.67 bits per heavy atom. The van der Waals surface area contributed by atoms with Crippen molar-refractivity contribution < 1.29 is 14.7 Å². The molecule has 1 aromatic rings. The van der Waals surface area contributed by atoms with Gasteiger partial charge in [-0.3, -0.25) is 14.4 Å². The van der Waals surface area contributed by atoms with Crippen molar-refractivity contribution in [1.29, 1.82) is 0 Å². The summed E-state index contributed by atoms with van der Waals surface area (Å²) in [5.74, 6) is -1.46. The van der Waals surface area contributed by atoms with Gasteiger partial charge >= 0.3 is 5.97 Å². The molecule has 2 N–H and O–H groups in total. The lowest BCUT2D eigenvalue weighted by Crippen LogP contribution is -2.37. The van der Waals surface area contributed by atoms with Crippen LogP contribution in [0, 0.1) is 0 Å². The number of aromatic nitrogens is 2. The van der Waals surface area contributed by atoms with Crippen LogP contribution in [0.5, 0.6) is 0 Å². The molecule has 0 spiro atoms. The molecular weight excluding hydrogens is 238 g/mol. The first-order chi connectivity index (χ1) is 8.43. The number of aliphatic carboxylic acids is 1. The van der Waals surface area contributed by atoms with Crippen molar-refractivity contribution >= 4 is 11.9 Å². The molecule has 18 heavy (non-hydrogen) atoms. The molecule has 0 fully saturated rings. The van der Waals surface area contributed by atoms with Crippen molar-refractivity contribution in [1.82, 2.24) is 15.1 Å². The van der Waals surface area contributed by atoms with Gasteiger partial charge in [-0.1, -0.05) is 6.92 Å². The summed E-state index contributed by atoms with van der Waals surface area (Å²) >= 11 is 0. The largest absolute Gasteiger partial charge is 0.481 e. The van der Waals surface area contributed by atoms with Crippen molar-refractivity contribution in [2.75, 3.05) is 0 Å². The minimum Gasteiger partial charge on any atom is -0.481 e. The summed E-state index contributed by atoms with van der Waals surface area (Å²) in [6.45, 7) is 1.78. The molecular formula is C11H15N3O4. The minimum absolute atomic E-state index is 0.0842. The summed E-state index contributed by atoms with van der Waals surface area (Å²) < 4.78 is 1.05. The van der Waals surface area contributed by atoms with Crippen LogP contribution in [0.3, 0.4) is 0 Å². The van der Waals surface area contributed by atoms with E-state index < -0.39 is 17.9 Å². The van der Waals surface area contributed by atoms with E-state index in [4.69, 9.17) is 5.11 Å². The number of carbonyl (C=O) groups is 2. The molecule has 0 aromatic carbocycles. The maximum Gasteiger partial charge on any atom is 0.305 e. The second-order valence-corrected chi connectivity index (χ2v) is 3.86. The summed E-state index contributed by atoms with van der Waals surface area (Å²) in [4.78, 5) is 33.5. The first kappa shape index (κ1) is 13.9. The fourth-order valence-electron chi connectivity index (χ4n) is 1.39. The molecule has 98 valence electrons. The predicted octanol–water partition coefficient (Wildman–Crippen LogP) is -0.237. The molecule has 0 aliphatic heterocycles. The molecule has 0 aliphatic carbocycles. The molecule has 7 heteroatoms. The highest BCUT2D eigenvalue weighted by Crippen LogP contribution is 2.00. The van der Waals surface area contributed by atoms with E-state index in [1.807, 2.05) is 0 Å². The second kappa shape index (κ2) is 5.95. The Morgan fingerprint density at radius 2 is 2.17 bits per heavy atom. The number of hydrogen-bond donors (Lipinski definition) is 2. The van der Waals surface area contributed by atoms with Crippen LogP contribution in [0.25, 0.3) is 0 Å². The zero-order chi connectivity index (χ0) is 13.7. The Bertz CT molecular complexity index is 509. The zero-order valence-electron chi connectivity index (χ0n) is 10.2. The van der Waals surface area contributed by atoms with Crippen LogP contribution >= 0.6 is 0 Å². The van der Waals surface area contributed by atoms with Crippen molar-refractivity contribution in [3.8, 4) is 0 Å². The number of carboxylic acid groups (broad SMARTS) is 1. The number of hydrogen-bond acceptors (Lipinski definition) is 4. The molecule has 1 rings (SSSR count). The van der Waals surface area contributed by atoms with Gasteiger partial charge in [-0.2, -0.15) is 5.10 Å². The topological polar surface area (TPSA) is 101 Å². The molecule has 1 atom stereocenters. The molecule has 0 bridgehead atoms. The number of amides is 1. The standard InChI is InChI=1S/C11H15N3O4/c1-3-7(6-10(16)17)12-11(18)8-4-5-9(15)14(2)13-8/h4-5,7H,3,6H2,1-2H3,(H,12,18)(H,16,17). The highest BCUT2D eigenvalue weighted by molar-refractivity contribution is 5.92. The number of carbonyl (C=O) groups excluding carboxylic acids is 1. The van der Waals surface area contributed by atoms with Crippen LogP contribution < -0.4 is 10.9 Å². The smallest absolute Gasteiger partial charge is 0.305 e. The van der Waals surface area contributed by atoms with Gasteiger partial charge in [0.1, 0.15) is 5.69 Å². The van der Waals surface area contributed by atoms with E-state index in [2.05, 4.69) is 10.4 Å². The van der Waals surface area contributed by atoms with Gasteiger partial charge < -0.3 is 10.4 Å². The first-order valence-corrected chi connectivity index (χ1v) is 5.51. The minimum atomic E-state index is -0.976. The third-order valence-corrected chi connectivity index (χ3v) is 2.44. The summed E-state index contributed by atoms with van der Waals surface area (Å²) in [5.41, 5.74) is -0.231. The maximum absolute atomic E-state index is 11.8. The van der Waals surface area contributed by atoms with E-state index in [-0.39, 0.29) is 17.7 Å². The van der Waals surface area contributed by atoms with Gasteiger partial charge in [-0.05, 0) is 12.5 Å². The third-order valence-electron chi connectivity index (χ3n) is 2.44. The lowest BCUT2D eigenvalue weighted by molar-refractivity contribution is -0.137. The molecule has 1 amide bonds. The van der Waals surface area contributed by atoms with Gasteiger partial charge in [-0.25, -0.2) is 4.68 Å². The number of carboxylic acids is 1. The van der Waals surface area contributed by atoms with Crippen LogP contribution in [0.1, 0.15) is 30.3 Å². The summed E-state index contributed by atoms with van der Waals surface area (Å²) in [6.07, 6.45) is 0.359. The fraction of sp³-hybridized carbons (Fsp3) is 0.455. The van der Waals surface area contributed by atoms with E-state index in [0.717, 1.165) is 4.68 Å². The summed E-state index contributed by atoms with van der Waals surface area (Å²) in [7, 11) is 1.44. The van der Waals surface area contributed by atoms with Gasteiger partial charge in [0.05, 0.1) is 6.42 Å². The quantitative estimate of drug-likeness (QED) is 0.754. The Balaban J connectivity index is 2.77. The Kier molecular flexibility index (Phi) is 4.59. The van der Waals surface area contributed by atoms with E-state index in [1.165, 1.54) is 19.2 Å². The van der Waals surface area contributed by atoms with E-state index in [0.29, 0.717) is 6.42 Å². The number of nitrogens with zero attached hydrogens (tertiary/aromatic N) is 2. The normalized spacial score (nSPS) is 11.9. The Morgan fingerprint density at radius 1 is 1.50 bits per heavy atom. The van der Waals surface area contributed by atoms with Gasteiger partial charge in [0.25, 0.3) is 11.5 Å². The number of aryl methyl sites for hydroxylation is 1. The lowest BCUT2D eigenvalue weighted by Gasteiger charge is -2.14. The van der Waals surface area contributed by atoms with E-state index >= 15 is 0 Å². The third kappa shape index (κ3) is 3.69. The van der Waals surface area contributed by atoms with Crippen LogP contribution in [-0.2, 0) is 11.8 Å². The summed E-state index contributed by atoms with van der Waals surface area (Å²) in [6, 6.07) is 2.10. The lowest BCUT2D eigenvalue weighted by atomic mass is 10.1. The number of rotatable bonds is 5. The van der Waals surface area contributed by atoms with Crippen molar-refractivity contribution in [2.24, 2.45) is 7.05 Å². The Hall–Kier alpha value is -2.18. The van der Waals surface area contributed by atoms with Crippen LogP contribution in [0.2, 0.25) is 0 Å². The van der Waals surface area contributed by atoms with Crippen LogP contribution in [0.15, 0.2) is 16.9 Å². The molecule has 0 saturated carbocycles. The van der Waals surface area contributed by atoms with Crippen LogP contribution in [-0.4, -0.2) is 32.8 Å². The van der Waals surface area contributed by atoms with E-state index in [1.54, 1.807) is 6.92 Å². The molecule has 1 aromatic heterocycles. The highest BCUT2D eigenvalue weighted by atomic mass is 16.4. The SMILES string of the molecule is CCC(CC(=O)O)NC(=O)c1ccc(=O)n(C)n1. The monoisotopic (exact) mass is 253 g/mol. The average Bonchev–Trinajstić information content (AvgIpc) is 2.31. The van der Waals surface area contributed by atoms with Crippen molar-refractivity contribution in [2.45, 2.75) is 25.8 Å². The molecule has 0 aliphatic rings. The highest BCUT2D eigenvalue weighted by Gasteiger charge is 2.16. The molecule has 0 radical (unpaired) electrons. The Labute approximate surface area is 103 Å². The molecule has 0 saturated heterocycles. The van der Waals surface area contributed by atoms with Gasteiger partial charge in [-0.15, -0.1) is 0 Å². The van der Waals surface area contributed by atoms with Crippen molar-refractivity contribution in [3.05, 3.63) is 28.2 Å². The molecule has 7 nitrogen and oxygen atoms in total.